The van der Waals surface area contributed by atoms with E-state index >= 15 is 0 Å². The quantitative estimate of drug-likeness (QED) is 0.751. The van der Waals surface area contributed by atoms with Gasteiger partial charge >= 0.3 is 5.97 Å². The van der Waals surface area contributed by atoms with Crippen molar-refractivity contribution < 1.29 is 27.3 Å². The topological polar surface area (TPSA) is 116 Å². The van der Waals surface area contributed by atoms with Gasteiger partial charge in [-0.25, -0.2) is 8.42 Å². The molecule has 0 fully saturated rings. The molecular weight excluding hydrogens is 372 g/mol. The van der Waals surface area contributed by atoms with Crippen LogP contribution in [0.4, 0.5) is 5.82 Å². The molecule has 0 saturated heterocycles. The first-order chi connectivity index (χ1) is 12.8. The number of nitrogens with one attached hydrogen (secondary N) is 1. The van der Waals surface area contributed by atoms with E-state index in [0.29, 0.717) is 11.3 Å². The van der Waals surface area contributed by atoms with Crippen LogP contribution >= 0.6 is 0 Å². The summed E-state index contributed by atoms with van der Waals surface area (Å²) < 4.78 is 33.2. The molecule has 0 aliphatic carbocycles. The van der Waals surface area contributed by atoms with Crippen molar-refractivity contribution in [3.05, 3.63) is 59.2 Å². The number of hydrogen-bond donors (Lipinski definition) is 1. The third-order valence-corrected chi connectivity index (χ3v) is 5.37. The van der Waals surface area contributed by atoms with Crippen LogP contribution in [-0.4, -0.2) is 31.2 Å². The predicted octanol–water partition coefficient (Wildman–Crippen LogP) is 2.15. The van der Waals surface area contributed by atoms with E-state index in [1.54, 1.807) is 37.3 Å². The Morgan fingerprint density at radius 2 is 2.07 bits per heavy atom. The second-order valence-electron chi connectivity index (χ2n) is 6.21. The van der Waals surface area contributed by atoms with E-state index in [1.165, 1.54) is 12.1 Å². The number of carbonyl (C=O) groups excluding carboxylic acids is 2. The van der Waals surface area contributed by atoms with E-state index in [-0.39, 0.29) is 18.0 Å². The van der Waals surface area contributed by atoms with Crippen LogP contribution < -0.4 is 5.32 Å². The number of nitrogens with zero attached hydrogens (tertiary/aromatic N) is 1. The molecule has 1 aliphatic rings. The molecule has 0 spiro atoms. The van der Waals surface area contributed by atoms with E-state index in [1.807, 2.05) is 0 Å². The molecule has 2 unspecified atom stereocenters. The maximum Gasteiger partial charge on any atom is 0.307 e. The van der Waals surface area contributed by atoms with Crippen molar-refractivity contribution in [3.63, 3.8) is 0 Å². The number of esters is 1. The number of aryl methyl sites for hydroxylation is 1. The van der Waals surface area contributed by atoms with Crippen LogP contribution in [0.5, 0.6) is 0 Å². The molecule has 142 valence electrons. The molecule has 2 atom stereocenters. The molecule has 2 heterocycles. The van der Waals surface area contributed by atoms with Crippen LogP contribution in [-0.2, 0) is 24.2 Å². The van der Waals surface area contributed by atoms with Crippen LogP contribution in [0.1, 0.15) is 23.8 Å². The summed E-state index contributed by atoms with van der Waals surface area (Å²) in [4.78, 5) is 24.9. The Morgan fingerprint density at radius 1 is 1.33 bits per heavy atom. The maximum atomic E-state index is 12.6. The van der Waals surface area contributed by atoms with Gasteiger partial charge in [-0.2, -0.15) is 0 Å². The lowest BCUT2D eigenvalue weighted by Crippen LogP contribution is -2.27. The largest absolute Gasteiger partial charge is 0.447 e. The van der Waals surface area contributed by atoms with Crippen molar-refractivity contribution in [2.75, 3.05) is 11.1 Å². The fourth-order valence-electron chi connectivity index (χ4n) is 2.68. The van der Waals surface area contributed by atoms with Crippen molar-refractivity contribution in [3.8, 4) is 0 Å². The average Bonchev–Trinajstić information content (AvgIpc) is 3.18. The summed E-state index contributed by atoms with van der Waals surface area (Å²) in [5.74, 6) is -1.12. The number of benzene rings is 1. The van der Waals surface area contributed by atoms with Gasteiger partial charge in [0.15, 0.2) is 15.7 Å². The minimum Gasteiger partial charge on any atom is -0.447 e. The Kier molecular flexibility index (Phi) is 5.41. The van der Waals surface area contributed by atoms with Gasteiger partial charge in [-0.15, -0.1) is 0 Å². The van der Waals surface area contributed by atoms with E-state index in [9.17, 15) is 18.0 Å². The van der Waals surface area contributed by atoms with Crippen LogP contribution in [0, 0.1) is 12.8 Å². The lowest BCUT2D eigenvalue weighted by atomic mass is 10.1. The van der Waals surface area contributed by atoms with E-state index in [4.69, 9.17) is 9.26 Å². The zero-order valence-electron chi connectivity index (χ0n) is 14.5. The van der Waals surface area contributed by atoms with Gasteiger partial charge in [0, 0.05) is 23.0 Å². The van der Waals surface area contributed by atoms with Gasteiger partial charge in [-0.05, 0) is 6.92 Å². The second-order valence-corrected chi connectivity index (χ2v) is 8.15. The molecule has 1 aromatic heterocycles. The van der Waals surface area contributed by atoms with Crippen molar-refractivity contribution in [1.82, 2.24) is 5.16 Å². The number of anilines is 1. The third kappa shape index (κ3) is 5.04. The standard InChI is InChI=1S/C18H18N2O6S/c1-12-9-15(20-26-12)19-18(22)17(14-5-3-2-4-6-14)25-16(21)10-13-7-8-27(23,24)11-13/h2-9,13,17H,10-11H2,1H3,(H,19,20,22). The SMILES string of the molecule is Cc1cc(NC(=O)C(OC(=O)CC2C=CS(=O)(=O)C2)c2ccccc2)no1. The van der Waals surface area contributed by atoms with Crippen LogP contribution in [0.15, 0.2) is 52.4 Å². The Balaban J connectivity index is 1.71. The Bertz CT molecular complexity index is 965. The van der Waals surface area contributed by atoms with Crippen molar-refractivity contribution in [2.24, 2.45) is 5.92 Å². The number of rotatable bonds is 6. The number of hydrogen-bond acceptors (Lipinski definition) is 7. The molecule has 1 amide bonds. The summed E-state index contributed by atoms with van der Waals surface area (Å²) in [5.41, 5.74) is 0.484. The molecule has 9 heteroatoms. The van der Waals surface area contributed by atoms with Gasteiger partial charge in [-0.3, -0.25) is 9.59 Å². The molecule has 0 bridgehead atoms. The number of aromatic nitrogens is 1. The fraction of sp³-hybridized carbons (Fsp3) is 0.278. The highest BCUT2D eigenvalue weighted by molar-refractivity contribution is 7.94. The summed E-state index contributed by atoms with van der Waals surface area (Å²) in [5, 5.41) is 7.33. The highest BCUT2D eigenvalue weighted by Crippen LogP contribution is 2.24. The van der Waals surface area contributed by atoms with Gasteiger partial charge < -0.3 is 14.6 Å². The average molecular weight is 390 g/mol. The van der Waals surface area contributed by atoms with Gasteiger partial charge in [0.25, 0.3) is 5.91 Å². The normalized spacial score (nSPS) is 18.8. The lowest BCUT2D eigenvalue weighted by Gasteiger charge is -2.18. The first kappa shape index (κ1) is 18.8. The Hall–Kier alpha value is -2.94. The Labute approximate surface area is 156 Å². The summed E-state index contributed by atoms with van der Waals surface area (Å²) >= 11 is 0. The van der Waals surface area contributed by atoms with Crippen molar-refractivity contribution >= 4 is 27.5 Å². The summed E-state index contributed by atoms with van der Waals surface area (Å²) in [6.07, 6.45) is 0.139. The number of amides is 1. The molecule has 8 nitrogen and oxygen atoms in total. The highest BCUT2D eigenvalue weighted by atomic mass is 32.2. The monoisotopic (exact) mass is 390 g/mol. The van der Waals surface area contributed by atoms with Gasteiger partial charge in [-0.1, -0.05) is 41.6 Å². The molecule has 1 N–H and O–H groups in total. The molecule has 1 aromatic carbocycles. The van der Waals surface area contributed by atoms with E-state index < -0.39 is 33.7 Å². The van der Waals surface area contributed by atoms with Crippen molar-refractivity contribution in [1.29, 1.82) is 0 Å². The van der Waals surface area contributed by atoms with Crippen LogP contribution in [0.25, 0.3) is 0 Å². The Morgan fingerprint density at radius 3 is 2.67 bits per heavy atom. The van der Waals surface area contributed by atoms with E-state index in [2.05, 4.69) is 10.5 Å². The summed E-state index contributed by atoms with van der Waals surface area (Å²) in [6, 6.07) is 10.1. The minimum atomic E-state index is -3.26. The lowest BCUT2D eigenvalue weighted by molar-refractivity contribution is -0.155. The molecule has 1 aliphatic heterocycles. The number of sulfone groups is 1. The van der Waals surface area contributed by atoms with Crippen LogP contribution in [0.3, 0.4) is 0 Å². The number of carbonyl (C=O) groups is 2. The van der Waals surface area contributed by atoms with Gasteiger partial charge in [0.05, 0.1) is 12.2 Å². The maximum absolute atomic E-state index is 12.6. The molecular formula is C18H18N2O6S. The number of allylic oxidation sites excluding steroid dienone is 1. The first-order valence-electron chi connectivity index (χ1n) is 8.22. The smallest absolute Gasteiger partial charge is 0.307 e. The molecule has 2 aromatic rings. The van der Waals surface area contributed by atoms with Gasteiger partial charge in [0.2, 0.25) is 6.10 Å². The number of ether oxygens (including phenoxy) is 1. The van der Waals surface area contributed by atoms with Gasteiger partial charge in [0.1, 0.15) is 5.76 Å². The summed E-state index contributed by atoms with van der Waals surface area (Å²) in [6.45, 7) is 1.68. The fourth-order valence-corrected chi connectivity index (χ4v) is 4.08. The molecule has 0 saturated carbocycles. The zero-order chi connectivity index (χ0) is 19.4. The minimum absolute atomic E-state index is 0.130. The third-order valence-electron chi connectivity index (χ3n) is 3.90. The predicted molar refractivity (Wildman–Crippen MR) is 96.2 cm³/mol. The molecule has 27 heavy (non-hydrogen) atoms. The molecule has 0 radical (unpaired) electrons. The second kappa shape index (κ2) is 7.75. The van der Waals surface area contributed by atoms with Crippen LogP contribution in [0.2, 0.25) is 0 Å². The zero-order valence-corrected chi connectivity index (χ0v) is 15.3. The highest BCUT2D eigenvalue weighted by Gasteiger charge is 2.29. The first-order valence-corrected chi connectivity index (χ1v) is 9.93. The van der Waals surface area contributed by atoms with E-state index in [0.717, 1.165) is 5.41 Å². The van der Waals surface area contributed by atoms with Crippen molar-refractivity contribution in [2.45, 2.75) is 19.4 Å². The molecule has 3 rings (SSSR count). The summed E-state index contributed by atoms with van der Waals surface area (Å²) in [7, 11) is -3.26.